The number of ether oxygens (including phenoxy) is 1. The molecule has 0 aromatic carbocycles. The second kappa shape index (κ2) is 10.4. The van der Waals surface area contributed by atoms with Gasteiger partial charge in [-0.2, -0.15) is 5.26 Å². The normalized spacial score (nSPS) is 34.0. The van der Waals surface area contributed by atoms with Crippen molar-refractivity contribution in [2.24, 2.45) is 17.3 Å². The third kappa shape index (κ3) is 6.07. The van der Waals surface area contributed by atoms with Crippen LogP contribution in [0.3, 0.4) is 0 Å². The minimum absolute atomic E-state index is 0.0101. The molecule has 0 radical (unpaired) electrons. The molecule has 2 rings (SSSR count). The Kier molecular flexibility index (Phi) is 8.60. The van der Waals surface area contributed by atoms with Crippen LogP contribution in [0.25, 0.3) is 0 Å². The molecule has 2 fully saturated rings. The molecular weight excluding hydrogens is 294 g/mol. The highest BCUT2D eigenvalue weighted by molar-refractivity contribution is 5.01. The lowest BCUT2D eigenvalue weighted by Gasteiger charge is -2.36. The van der Waals surface area contributed by atoms with Crippen LogP contribution in [0, 0.1) is 28.6 Å². The fraction of sp³-hybridized carbons (Fsp3) is 0.955. The lowest BCUT2D eigenvalue weighted by Crippen LogP contribution is -2.30. The highest BCUT2D eigenvalue weighted by atomic mass is 16.5. The van der Waals surface area contributed by atoms with Crippen LogP contribution in [0.1, 0.15) is 104 Å². The van der Waals surface area contributed by atoms with Crippen molar-refractivity contribution in [1.29, 1.82) is 5.26 Å². The predicted octanol–water partition coefficient (Wildman–Crippen LogP) is 6.64. The topological polar surface area (TPSA) is 33.0 Å². The first-order valence-corrected chi connectivity index (χ1v) is 10.7. The average molecular weight is 334 g/mol. The van der Waals surface area contributed by atoms with E-state index in [2.05, 4.69) is 19.9 Å². The molecule has 24 heavy (non-hydrogen) atoms. The van der Waals surface area contributed by atoms with E-state index in [1.54, 1.807) is 0 Å². The van der Waals surface area contributed by atoms with E-state index in [9.17, 15) is 5.26 Å². The summed E-state index contributed by atoms with van der Waals surface area (Å²) in [6, 6.07) is 2.66. The minimum Gasteiger partial charge on any atom is -0.378 e. The molecule has 0 amide bonds. The first-order valence-electron chi connectivity index (χ1n) is 10.7. The largest absolute Gasteiger partial charge is 0.378 e. The molecular formula is C22H39NO. The van der Waals surface area contributed by atoms with E-state index >= 15 is 0 Å². The molecule has 0 aromatic rings. The third-order valence-electron chi connectivity index (χ3n) is 6.64. The first kappa shape index (κ1) is 19.8. The van der Waals surface area contributed by atoms with Crippen molar-refractivity contribution in [3.8, 4) is 6.07 Å². The summed E-state index contributed by atoms with van der Waals surface area (Å²) < 4.78 is 6.28. The molecule has 0 N–H and O–H groups in total. The van der Waals surface area contributed by atoms with E-state index in [1.165, 1.54) is 70.6 Å². The van der Waals surface area contributed by atoms with Gasteiger partial charge >= 0.3 is 0 Å². The molecule has 2 saturated carbocycles. The SMILES string of the molecule is CCCCC1CCC(OCC2CCC(C#N)(CCCC)CC2)CC1. The highest BCUT2D eigenvalue weighted by Gasteiger charge is 2.35. The molecule has 138 valence electrons. The maximum absolute atomic E-state index is 9.59. The molecule has 0 atom stereocenters. The monoisotopic (exact) mass is 333 g/mol. The molecule has 2 nitrogen and oxygen atoms in total. The zero-order valence-corrected chi connectivity index (χ0v) is 16.2. The van der Waals surface area contributed by atoms with Crippen LogP contribution in [0.5, 0.6) is 0 Å². The van der Waals surface area contributed by atoms with Gasteiger partial charge in [-0.25, -0.2) is 0 Å². The van der Waals surface area contributed by atoms with Crippen molar-refractivity contribution in [2.45, 2.75) is 110 Å². The Morgan fingerprint density at radius 1 is 0.917 bits per heavy atom. The van der Waals surface area contributed by atoms with Crippen molar-refractivity contribution < 1.29 is 4.74 Å². The van der Waals surface area contributed by atoms with Crippen LogP contribution in [0.4, 0.5) is 0 Å². The van der Waals surface area contributed by atoms with Gasteiger partial charge < -0.3 is 4.74 Å². The Morgan fingerprint density at radius 3 is 2.17 bits per heavy atom. The molecule has 0 aromatic heterocycles. The molecule has 0 spiro atoms. The highest BCUT2D eigenvalue weighted by Crippen LogP contribution is 2.42. The van der Waals surface area contributed by atoms with Gasteiger partial charge in [0.15, 0.2) is 0 Å². The van der Waals surface area contributed by atoms with Gasteiger partial charge in [-0.15, -0.1) is 0 Å². The van der Waals surface area contributed by atoms with Crippen LogP contribution in [-0.2, 0) is 4.74 Å². The summed E-state index contributed by atoms with van der Waals surface area (Å²) >= 11 is 0. The van der Waals surface area contributed by atoms with Crippen molar-refractivity contribution in [3.05, 3.63) is 0 Å². The van der Waals surface area contributed by atoms with Crippen LogP contribution >= 0.6 is 0 Å². The summed E-state index contributed by atoms with van der Waals surface area (Å²) in [6.45, 7) is 5.46. The Morgan fingerprint density at radius 2 is 1.58 bits per heavy atom. The zero-order valence-electron chi connectivity index (χ0n) is 16.2. The van der Waals surface area contributed by atoms with Crippen LogP contribution in [0.15, 0.2) is 0 Å². The van der Waals surface area contributed by atoms with E-state index in [-0.39, 0.29) is 5.41 Å². The van der Waals surface area contributed by atoms with E-state index in [0.717, 1.165) is 31.8 Å². The Balaban J connectivity index is 1.62. The minimum atomic E-state index is -0.0101. The van der Waals surface area contributed by atoms with E-state index < -0.39 is 0 Å². The molecule has 2 aliphatic carbocycles. The summed E-state index contributed by atoms with van der Waals surface area (Å²) in [4.78, 5) is 0. The van der Waals surface area contributed by atoms with Crippen LogP contribution in [-0.4, -0.2) is 12.7 Å². The van der Waals surface area contributed by atoms with Crippen molar-refractivity contribution >= 4 is 0 Å². The number of hydrogen-bond acceptors (Lipinski definition) is 2. The summed E-state index contributed by atoms with van der Waals surface area (Å²) in [5, 5.41) is 9.59. The maximum atomic E-state index is 9.59. The van der Waals surface area contributed by atoms with Crippen molar-refractivity contribution in [2.75, 3.05) is 6.61 Å². The van der Waals surface area contributed by atoms with Crippen molar-refractivity contribution in [3.63, 3.8) is 0 Å². The number of nitrogens with zero attached hydrogens (tertiary/aromatic N) is 1. The number of rotatable bonds is 9. The van der Waals surface area contributed by atoms with Gasteiger partial charge in [-0.05, 0) is 69.6 Å². The Hall–Kier alpha value is -0.550. The zero-order chi connectivity index (χ0) is 17.3. The molecule has 0 unspecified atom stereocenters. The van der Waals surface area contributed by atoms with E-state index in [4.69, 9.17) is 4.74 Å². The van der Waals surface area contributed by atoms with Crippen molar-refractivity contribution in [1.82, 2.24) is 0 Å². The number of unbranched alkanes of at least 4 members (excludes halogenated alkanes) is 2. The van der Waals surface area contributed by atoms with Gasteiger partial charge in [0.05, 0.1) is 17.6 Å². The fourth-order valence-corrected chi connectivity index (χ4v) is 4.68. The van der Waals surface area contributed by atoms with Gasteiger partial charge in [0.2, 0.25) is 0 Å². The van der Waals surface area contributed by atoms with E-state index in [1.807, 2.05) is 0 Å². The first-order chi connectivity index (χ1) is 11.7. The predicted molar refractivity (Wildman–Crippen MR) is 101 cm³/mol. The van der Waals surface area contributed by atoms with Gasteiger partial charge in [0, 0.05) is 6.61 Å². The summed E-state index contributed by atoms with van der Waals surface area (Å²) in [5.74, 6) is 1.67. The molecule has 2 aliphatic rings. The quantitative estimate of drug-likeness (QED) is 0.473. The lowest BCUT2D eigenvalue weighted by molar-refractivity contribution is -0.0134. The second-order valence-electron chi connectivity index (χ2n) is 8.56. The smallest absolute Gasteiger partial charge is 0.0689 e. The molecule has 0 heterocycles. The van der Waals surface area contributed by atoms with Crippen LogP contribution < -0.4 is 0 Å². The van der Waals surface area contributed by atoms with Gasteiger partial charge in [0.25, 0.3) is 0 Å². The second-order valence-corrected chi connectivity index (χ2v) is 8.56. The van der Waals surface area contributed by atoms with Gasteiger partial charge in [-0.1, -0.05) is 46.0 Å². The summed E-state index contributed by atoms with van der Waals surface area (Å²) in [7, 11) is 0. The maximum Gasteiger partial charge on any atom is 0.0689 e. The third-order valence-corrected chi connectivity index (χ3v) is 6.64. The summed E-state index contributed by atoms with van der Waals surface area (Å²) in [6.07, 6.45) is 18.1. The lowest BCUT2D eigenvalue weighted by atomic mass is 9.69. The molecule has 0 saturated heterocycles. The standard InChI is InChI=1S/C22H39NO/c1-3-5-7-19-8-10-21(11-9-19)24-17-20-12-15-22(18-23,16-13-20)14-6-4-2/h19-21H,3-17H2,1-2H3. The van der Waals surface area contributed by atoms with E-state index in [0.29, 0.717) is 12.0 Å². The van der Waals surface area contributed by atoms with Gasteiger partial charge in [0.1, 0.15) is 0 Å². The number of hydrogen-bond donors (Lipinski definition) is 0. The van der Waals surface area contributed by atoms with Gasteiger partial charge in [-0.3, -0.25) is 0 Å². The summed E-state index contributed by atoms with van der Waals surface area (Å²) in [5.41, 5.74) is -0.0101. The Bertz CT molecular complexity index is 370. The molecule has 0 aliphatic heterocycles. The molecule has 0 bridgehead atoms. The molecule has 2 heteroatoms. The Labute approximate surface area is 150 Å². The fourth-order valence-electron chi connectivity index (χ4n) is 4.68. The van der Waals surface area contributed by atoms with Crippen LogP contribution in [0.2, 0.25) is 0 Å². The average Bonchev–Trinajstić information content (AvgIpc) is 2.65. The number of nitriles is 1.